The first-order valence-corrected chi connectivity index (χ1v) is 12.4. The molecule has 0 saturated heterocycles. The van der Waals surface area contributed by atoms with Crippen molar-refractivity contribution < 1.29 is 10.0 Å². The summed E-state index contributed by atoms with van der Waals surface area (Å²) in [5.74, 6) is 0. The van der Waals surface area contributed by atoms with E-state index >= 15 is 0 Å². The molecule has 0 atom stereocenters. The van der Waals surface area contributed by atoms with Crippen LogP contribution in [0.15, 0.2) is 24.4 Å². The molecule has 0 unspecified atom stereocenters. The fourth-order valence-corrected chi connectivity index (χ4v) is 3.36. The number of aliphatic hydroxyl groups excluding tert-OH is 1. The zero-order chi connectivity index (χ0) is 19.2. The minimum atomic E-state index is -1.58. The molecular weight excluding hydrogens is 350 g/mol. The highest BCUT2D eigenvalue weighted by Gasteiger charge is 2.22. The van der Waals surface area contributed by atoms with Crippen LogP contribution in [0.2, 0.25) is 19.6 Å². The minimum Gasteiger partial charge on any atom is -0.396 e. The van der Waals surface area contributed by atoms with Gasteiger partial charge in [0.05, 0.1) is 15.9 Å². The quantitative estimate of drug-likeness (QED) is 0.285. The highest BCUT2D eigenvalue weighted by atomic mass is 28.3. The molecule has 1 aromatic carbocycles. The van der Waals surface area contributed by atoms with Crippen molar-refractivity contribution >= 4 is 24.8 Å². The first-order valence-electron chi connectivity index (χ1n) is 8.89. The molecule has 0 aliphatic carbocycles. The number of anilines is 1. The Labute approximate surface area is 154 Å². The molecule has 8 nitrogen and oxygen atoms in total. The van der Waals surface area contributed by atoms with Gasteiger partial charge in [0.2, 0.25) is 0 Å². The number of unbranched alkanes of at least 4 members (excludes halogenated alkanes) is 3. The van der Waals surface area contributed by atoms with Gasteiger partial charge in [0, 0.05) is 25.4 Å². The average Bonchev–Trinajstić information content (AvgIpc) is 3.08. The van der Waals surface area contributed by atoms with E-state index in [9.17, 15) is 10.1 Å². The van der Waals surface area contributed by atoms with Crippen molar-refractivity contribution in [1.82, 2.24) is 15.0 Å². The second-order valence-electron chi connectivity index (χ2n) is 7.32. The van der Waals surface area contributed by atoms with E-state index in [-0.39, 0.29) is 17.2 Å². The number of aliphatic hydroxyl groups is 1. The van der Waals surface area contributed by atoms with Gasteiger partial charge >= 0.3 is 0 Å². The van der Waals surface area contributed by atoms with Crippen LogP contribution >= 0.6 is 0 Å². The topological polar surface area (TPSA) is 106 Å². The molecule has 0 amide bonds. The molecule has 2 rings (SSSR count). The van der Waals surface area contributed by atoms with Gasteiger partial charge < -0.3 is 10.4 Å². The van der Waals surface area contributed by atoms with E-state index in [0.717, 1.165) is 31.0 Å². The molecule has 1 heterocycles. The van der Waals surface area contributed by atoms with Crippen LogP contribution in [0.25, 0.3) is 5.69 Å². The number of nitro benzene ring substituents is 1. The van der Waals surface area contributed by atoms with E-state index in [0.29, 0.717) is 17.9 Å². The van der Waals surface area contributed by atoms with Crippen molar-refractivity contribution in [2.75, 3.05) is 18.5 Å². The van der Waals surface area contributed by atoms with Crippen molar-refractivity contribution in [3.05, 3.63) is 34.5 Å². The summed E-state index contributed by atoms with van der Waals surface area (Å²) < 4.78 is 1.60. The summed E-state index contributed by atoms with van der Waals surface area (Å²) in [5, 5.41) is 32.6. The Hall–Kier alpha value is -2.26. The van der Waals surface area contributed by atoms with E-state index in [1.165, 1.54) is 6.07 Å². The lowest BCUT2D eigenvalue weighted by molar-refractivity contribution is -0.383. The molecule has 0 bridgehead atoms. The van der Waals surface area contributed by atoms with Crippen LogP contribution < -0.4 is 10.6 Å². The molecular formula is C17H27N5O3Si. The maximum atomic E-state index is 11.4. The number of nitrogens with one attached hydrogen (secondary N) is 1. The van der Waals surface area contributed by atoms with Gasteiger partial charge in [-0.3, -0.25) is 10.1 Å². The molecule has 26 heavy (non-hydrogen) atoms. The lowest BCUT2D eigenvalue weighted by Gasteiger charge is -2.10. The third kappa shape index (κ3) is 5.37. The van der Waals surface area contributed by atoms with E-state index in [2.05, 4.69) is 35.3 Å². The van der Waals surface area contributed by atoms with E-state index < -0.39 is 8.07 Å². The van der Waals surface area contributed by atoms with Crippen molar-refractivity contribution in [2.24, 2.45) is 0 Å². The predicted molar refractivity (Wildman–Crippen MR) is 105 cm³/mol. The van der Waals surface area contributed by atoms with Gasteiger partial charge in [0.1, 0.15) is 13.8 Å². The average molecular weight is 378 g/mol. The SMILES string of the molecule is C[Si](C)(C)c1cn(-c2ccc(NCCCCCCO)c([N+](=O)[O-])c2)nn1. The van der Waals surface area contributed by atoms with Gasteiger partial charge in [0.25, 0.3) is 5.69 Å². The summed E-state index contributed by atoms with van der Waals surface area (Å²) >= 11 is 0. The Morgan fingerprint density at radius 2 is 1.96 bits per heavy atom. The van der Waals surface area contributed by atoms with Gasteiger partial charge in [-0.15, -0.1) is 5.10 Å². The summed E-state index contributed by atoms with van der Waals surface area (Å²) in [5.41, 5.74) is 1.16. The van der Waals surface area contributed by atoms with Crippen molar-refractivity contribution in [3.63, 3.8) is 0 Å². The van der Waals surface area contributed by atoms with Crippen LogP contribution in [0.4, 0.5) is 11.4 Å². The third-order valence-corrected chi connectivity index (χ3v) is 5.87. The maximum absolute atomic E-state index is 11.4. The minimum absolute atomic E-state index is 0.0305. The molecule has 2 N–H and O–H groups in total. The van der Waals surface area contributed by atoms with Gasteiger partial charge in [-0.2, -0.15) is 0 Å². The summed E-state index contributed by atoms with van der Waals surface area (Å²) in [6.45, 7) is 7.41. The number of hydrogen-bond donors (Lipinski definition) is 2. The molecule has 0 saturated carbocycles. The smallest absolute Gasteiger partial charge is 0.294 e. The molecule has 2 aromatic rings. The molecule has 0 aliphatic heterocycles. The molecule has 0 spiro atoms. The monoisotopic (exact) mass is 377 g/mol. The number of benzene rings is 1. The van der Waals surface area contributed by atoms with Crippen LogP contribution in [-0.4, -0.2) is 46.2 Å². The summed E-state index contributed by atoms with van der Waals surface area (Å²) in [6.07, 6.45) is 5.51. The molecule has 0 radical (unpaired) electrons. The molecule has 0 fully saturated rings. The first kappa shape index (κ1) is 20.1. The fourth-order valence-electron chi connectivity index (χ4n) is 2.51. The fraction of sp³-hybridized carbons (Fsp3) is 0.529. The van der Waals surface area contributed by atoms with Crippen LogP contribution in [0.1, 0.15) is 25.7 Å². The highest BCUT2D eigenvalue weighted by molar-refractivity contribution is 6.88. The van der Waals surface area contributed by atoms with Gasteiger partial charge in [-0.1, -0.05) is 37.7 Å². The normalized spacial score (nSPS) is 11.5. The molecule has 9 heteroatoms. The summed E-state index contributed by atoms with van der Waals surface area (Å²) in [6, 6.07) is 5.05. The van der Waals surface area contributed by atoms with Gasteiger partial charge in [-0.05, 0) is 25.0 Å². The van der Waals surface area contributed by atoms with Crippen LogP contribution in [0.3, 0.4) is 0 Å². The van der Waals surface area contributed by atoms with Crippen molar-refractivity contribution in [1.29, 1.82) is 0 Å². The molecule has 1 aromatic heterocycles. The van der Waals surface area contributed by atoms with Crippen LogP contribution in [0, 0.1) is 10.1 Å². The zero-order valence-corrected chi connectivity index (χ0v) is 16.6. The lowest BCUT2D eigenvalue weighted by atomic mass is 10.2. The standard InChI is InChI=1S/C17H27N5O3Si/c1-26(2,3)17-13-21(20-19-17)14-8-9-15(16(12-14)22(24)25)18-10-6-4-5-7-11-23/h8-9,12-13,18,23H,4-7,10-11H2,1-3H3. The van der Waals surface area contributed by atoms with Crippen LogP contribution in [-0.2, 0) is 0 Å². The second kappa shape index (κ2) is 8.90. The van der Waals surface area contributed by atoms with Crippen molar-refractivity contribution in [3.8, 4) is 5.69 Å². The summed E-state index contributed by atoms with van der Waals surface area (Å²) in [4.78, 5) is 11.1. The Morgan fingerprint density at radius 1 is 1.23 bits per heavy atom. The number of nitrogens with zero attached hydrogens (tertiary/aromatic N) is 4. The van der Waals surface area contributed by atoms with Crippen molar-refractivity contribution in [2.45, 2.75) is 45.3 Å². The number of nitro groups is 1. The van der Waals surface area contributed by atoms with E-state index in [4.69, 9.17) is 5.11 Å². The second-order valence-corrected chi connectivity index (χ2v) is 12.3. The van der Waals surface area contributed by atoms with E-state index in [1.807, 2.05) is 12.3 Å². The maximum Gasteiger partial charge on any atom is 0.294 e. The number of hydrogen-bond acceptors (Lipinski definition) is 6. The van der Waals surface area contributed by atoms with Gasteiger partial charge in [0.15, 0.2) is 0 Å². The van der Waals surface area contributed by atoms with Gasteiger partial charge in [-0.25, -0.2) is 4.68 Å². The Balaban J connectivity index is 2.11. The number of aromatic nitrogens is 3. The molecule has 0 aliphatic rings. The Kier molecular flexibility index (Phi) is 6.87. The first-order chi connectivity index (χ1) is 12.3. The largest absolute Gasteiger partial charge is 0.396 e. The van der Waals surface area contributed by atoms with E-state index in [1.54, 1.807) is 10.7 Å². The zero-order valence-electron chi connectivity index (χ0n) is 15.6. The number of rotatable bonds is 10. The Bertz CT molecular complexity index is 742. The molecule has 142 valence electrons. The lowest BCUT2D eigenvalue weighted by Crippen LogP contribution is -2.38. The summed E-state index contributed by atoms with van der Waals surface area (Å²) in [7, 11) is -1.58. The van der Waals surface area contributed by atoms with Crippen LogP contribution in [0.5, 0.6) is 0 Å². The third-order valence-electron chi connectivity index (χ3n) is 4.10. The highest BCUT2D eigenvalue weighted by Crippen LogP contribution is 2.27. The Morgan fingerprint density at radius 3 is 2.58 bits per heavy atom. The predicted octanol–water partition coefficient (Wildman–Crippen LogP) is 2.69.